The van der Waals surface area contributed by atoms with Crippen molar-refractivity contribution in [3.63, 3.8) is 0 Å². The largest absolute Gasteiger partial charge is 0.212 e. The van der Waals surface area contributed by atoms with Crippen molar-refractivity contribution in [3.8, 4) is 0 Å². The third-order valence-corrected chi connectivity index (χ3v) is 4.82. The third kappa shape index (κ3) is 6.95. The molecule has 0 aliphatic heterocycles. The Labute approximate surface area is 121 Å². The molecule has 0 atom stereocenters. The fourth-order valence-corrected chi connectivity index (χ4v) is 3.73. The van der Waals surface area contributed by atoms with E-state index in [0.29, 0.717) is 12.3 Å². The van der Waals surface area contributed by atoms with Crippen LogP contribution in [0.3, 0.4) is 0 Å². The number of halogens is 1. The third-order valence-electron chi connectivity index (χ3n) is 2.86. The molecule has 0 aliphatic carbocycles. The summed E-state index contributed by atoms with van der Waals surface area (Å²) in [6, 6.07) is 10.1. The highest BCUT2D eigenvalue weighted by Gasteiger charge is 2.24. The summed E-state index contributed by atoms with van der Waals surface area (Å²) in [5, 5.41) is 0. The van der Waals surface area contributed by atoms with Crippen LogP contribution in [0.2, 0.25) is 0 Å². The molecule has 0 saturated heterocycles. The van der Waals surface area contributed by atoms with Gasteiger partial charge >= 0.3 is 0 Å². The van der Waals surface area contributed by atoms with Crippen molar-refractivity contribution in [2.24, 2.45) is 0 Å². The van der Waals surface area contributed by atoms with Gasteiger partial charge in [0.2, 0.25) is 10.0 Å². The molecule has 0 aromatic heterocycles. The normalized spacial score (nSPS) is 12.6. The smallest absolute Gasteiger partial charge is 0.212 e. The minimum Gasteiger partial charge on any atom is -0.212 e. The number of sulfonamides is 1. The number of hydrogen-bond donors (Lipinski definition) is 1. The van der Waals surface area contributed by atoms with Crippen molar-refractivity contribution < 1.29 is 8.42 Å². The van der Waals surface area contributed by atoms with Crippen LogP contribution in [-0.4, -0.2) is 25.6 Å². The van der Waals surface area contributed by atoms with Crippen LogP contribution in [0.15, 0.2) is 30.3 Å². The van der Waals surface area contributed by atoms with Crippen LogP contribution >= 0.6 is 11.6 Å². The van der Waals surface area contributed by atoms with Crippen molar-refractivity contribution in [2.75, 3.05) is 11.6 Å². The molecule has 0 radical (unpaired) electrons. The van der Waals surface area contributed by atoms with Crippen molar-refractivity contribution in [1.29, 1.82) is 0 Å². The molecule has 0 saturated carbocycles. The molecular weight excluding hydrogens is 282 g/mol. The zero-order valence-corrected chi connectivity index (χ0v) is 13.1. The van der Waals surface area contributed by atoms with Crippen molar-refractivity contribution >= 4 is 21.6 Å². The van der Waals surface area contributed by atoms with Crippen LogP contribution < -0.4 is 4.72 Å². The van der Waals surface area contributed by atoms with Gasteiger partial charge in [-0.15, -0.1) is 11.6 Å². The van der Waals surface area contributed by atoms with Crippen molar-refractivity contribution in [2.45, 2.75) is 38.6 Å². The first kappa shape index (κ1) is 16.5. The highest BCUT2D eigenvalue weighted by atomic mass is 35.5. The van der Waals surface area contributed by atoms with Crippen molar-refractivity contribution in [1.82, 2.24) is 4.72 Å². The number of alkyl halides is 1. The van der Waals surface area contributed by atoms with E-state index in [9.17, 15) is 8.42 Å². The van der Waals surface area contributed by atoms with E-state index in [1.807, 2.05) is 32.0 Å². The van der Waals surface area contributed by atoms with Crippen LogP contribution in [-0.2, 0) is 16.4 Å². The average Bonchev–Trinajstić information content (AvgIpc) is 2.34. The van der Waals surface area contributed by atoms with Gasteiger partial charge in [0.05, 0.1) is 5.75 Å². The summed E-state index contributed by atoms with van der Waals surface area (Å²) in [6.45, 7) is 3.82. The van der Waals surface area contributed by atoms with Crippen molar-refractivity contribution in [3.05, 3.63) is 35.9 Å². The lowest BCUT2D eigenvalue weighted by Gasteiger charge is -2.26. The van der Waals surface area contributed by atoms with Crippen LogP contribution in [0, 0.1) is 0 Å². The first-order valence-corrected chi connectivity index (χ1v) is 8.65. The van der Waals surface area contributed by atoms with E-state index in [1.54, 1.807) is 0 Å². The van der Waals surface area contributed by atoms with Gasteiger partial charge in [-0.1, -0.05) is 30.3 Å². The zero-order chi connectivity index (χ0) is 14.4. The Morgan fingerprint density at radius 3 is 2.42 bits per heavy atom. The highest BCUT2D eigenvalue weighted by Crippen LogP contribution is 2.15. The molecule has 3 nitrogen and oxygen atoms in total. The molecule has 1 N–H and O–H groups in total. The Morgan fingerprint density at radius 2 is 1.84 bits per heavy atom. The van der Waals surface area contributed by atoms with Gasteiger partial charge in [0.25, 0.3) is 0 Å². The van der Waals surface area contributed by atoms with E-state index in [1.165, 1.54) is 5.56 Å². The lowest BCUT2D eigenvalue weighted by Crippen LogP contribution is -2.44. The van der Waals surface area contributed by atoms with Crippen LogP contribution in [0.1, 0.15) is 32.3 Å². The molecule has 19 heavy (non-hydrogen) atoms. The summed E-state index contributed by atoms with van der Waals surface area (Å²) in [5.74, 6) is 0.455. The fraction of sp³-hybridized carbons (Fsp3) is 0.571. The van der Waals surface area contributed by atoms with Crippen LogP contribution in [0.4, 0.5) is 0 Å². The van der Waals surface area contributed by atoms with Gasteiger partial charge in [0, 0.05) is 11.4 Å². The van der Waals surface area contributed by atoms with Gasteiger partial charge in [0.15, 0.2) is 0 Å². The molecule has 0 amide bonds. The maximum absolute atomic E-state index is 11.8. The number of benzene rings is 1. The van der Waals surface area contributed by atoms with Gasteiger partial charge in [-0.2, -0.15) is 0 Å². The molecule has 0 aliphatic rings. The average molecular weight is 304 g/mol. The summed E-state index contributed by atoms with van der Waals surface area (Å²) in [4.78, 5) is 0. The lowest BCUT2D eigenvalue weighted by molar-refractivity contribution is 0.422. The summed E-state index contributed by atoms with van der Waals surface area (Å²) in [7, 11) is -3.24. The predicted octanol–water partition coefficient (Wildman–Crippen LogP) is 2.95. The lowest BCUT2D eigenvalue weighted by atomic mass is 9.97. The van der Waals surface area contributed by atoms with E-state index in [2.05, 4.69) is 16.9 Å². The zero-order valence-electron chi connectivity index (χ0n) is 11.5. The molecule has 0 bridgehead atoms. The van der Waals surface area contributed by atoms with Crippen LogP contribution in [0.25, 0.3) is 0 Å². The second-order valence-corrected chi connectivity index (χ2v) is 7.55. The second-order valence-electron chi connectivity index (χ2n) is 5.33. The molecule has 1 aromatic carbocycles. The molecule has 0 spiro atoms. The first-order chi connectivity index (χ1) is 8.85. The maximum Gasteiger partial charge on any atom is 0.212 e. The molecule has 0 fully saturated rings. The Morgan fingerprint density at radius 1 is 1.21 bits per heavy atom. The molecule has 1 rings (SSSR count). The quantitative estimate of drug-likeness (QED) is 0.751. The molecule has 108 valence electrons. The number of hydrogen-bond acceptors (Lipinski definition) is 2. The topological polar surface area (TPSA) is 46.2 Å². The standard InChI is InChI=1S/C14H22ClNO2S/c1-14(2,16-19(17,18)12-6-11-15)10-9-13-7-4-3-5-8-13/h3-5,7-8,16H,6,9-12H2,1-2H3. The van der Waals surface area contributed by atoms with E-state index in [-0.39, 0.29) is 5.75 Å². The Bertz CT molecular complexity index is 471. The minimum absolute atomic E-state index is 0.0886. The molecule has 5 heteroatoms. The number of aryl methyl sites for hydroxylation is 1. The molecular formula is C14H22ClNO2S. The van der Waals surface area contributed by atoms with E-state index in [0.717, 1.165) is 12.8 Å². The van der Waals surface area contributed by atoms with Gasteiger partial charge in [0.1, 0.15) is 0 Å². The highest BCUT2D eigenvalue weighted by molar-refractivity contribution is 7.89. The Kier molecular flexibility index (Phi) is 6.30. The summed E-state index contributed by atoms with van der Waals surface area (Å²) in [5.41, 5.74) is 0.775. The van der Waals surface area contributed by atoms with E-state index in [4.69, 9.17) is 11.6 Å². The van der Waals surface area contributed by atoms with Gasteiger partial charge in [-0.05, 0) is 38.7 Å². The van der Waals surface area contributed by atoms with Gasteiger partial charge in [-0.25, -0.2) is 13.1 Å². The Balaban J connectivity index is 2.52. The maximum atomic E-state index is 11.8. The summed E-state index contributed by atoms with van der Waals surface area (Å²) in [6.07, 6.45) is 2.09. The molecule has 0 unspecified atom stereocenters. The fourth-order valence-electron chi connectivity index (χ4n) is 1.87. The van der Waals surface area contributed by atoms with Gasteiger partial charge in [-0.3, -0.25) is 0 Å². The summed E-state index contributed by atoms with van der Waals surface area (Å²) >= 11 is 5.53. The SMILES string of the molecule is CC(C)(CCc1ccccc1)NS(=O)(=O)CCCCl. The summed E-state index contributed by atoms with van der Waals surface area (Å²) < 4.78 is 26.4. The Hall–Kier alpha value is -0.580. The minimum atomic E-state index is -3.24. The molecule has 0 heterocycles. The van der Waals surface area contributed by atoms with Crippen LogP contribution in [0.5, 0.6) is 0 Å². The van der Waals surface area contributed by atoms with Gasteiger partial charge < -0.3 is 0 Å². The van der Waals surface area contributed by atoms with E-state index < -0.39 is 15.6 Å². The first-order valence-electron chi connectivity index (χ1n) is 6.46. The number of rotatable bonds is 8. The molecule has 1 aromatic rings. The predicted molar refractivity (Wildman–Crippen MR) is 81.1 cm³/mol. The van der Waals surface area contributed by atoms with E-state index >= 15 is 0 Å². The second kappa shape index (κ2) is 7.27. The number of nitrogens with one attached hydrogen (secondary N) is 1. The monoisotopic (exact) mass is 303 g/mol.